The molecule has 0 saturated carbocycles. The second-order valence-electron chi connectivity index (χ2n) is 5.57. The van der Waals surface area contributed by atoms with Crippen LogP contribution in [0.2, 0.25) is 5.28 Å². The van der Waals surface area contributed by atoms with E-state index in [2.05, 4.69) is 50.6 Å². The van der Waals surface area contributed by atoms with E-state index in [4.69, 9.17) is 11.6 Å². The topological polar surface area (TPSA) is 60.9 Å². The van der Waals surface area contributed by atoms with Gasteiger partial charge >= 0.3 is 0 Å². The van der Waals surface area contributed by atoms with E-state index in [-0.39, 0.29) is 10.8 Å². The van der Waals surface area contributed by atoms with Crippen LogP contribution in [0, 0.1) is 0 Å². The standard InChI is InChI=1S/C12H17ClN6/c1-12(2)6-19(5-4-18(12)3)10-8-9(15-7-14-8)16-11(13)17-10/h7H,4-6H2,1-3H3,(H,14,15,16,17). The largest absolute Gasteiger partial charge is 0.352 e. The number of nitrogens with zero attached hydrogens (tertiary/aromatic N) is 5. The lowest BCUT2D eigenvalue weighted by molar-refractivity contribution is 0.138. The van der Waals surface area contributed by atoms with E-state index in [1.165, 1.54) is 0 Å². The van der Waals surface area contributed by atoms with Crippen molar-refractivity contribution in [2.24, 2.45) is 0 Å². The van der Waals surface area contributed by atoms with Crippen molar-refractivity contribution in [2.75, 3.05) is 31.6 Å². The van der Waals surface area contributed by atoms with Crippen LogP contribution in [0.4, 0.5) is 5.82 Å². The Kier molecular flexibility index (Phi) is 2.87. The second-order valence-corrected chi connectivity index (χ2v) is 5.91. The van der Waals surface area contributed by atoms with E-state index < -0.39 is 0 Å². The van der Waals surface area contributed by atoms with Gasteiger partial charge in [0.25, 0.3) is 0 Å². The molecule has 0 aromatic carbocycles. The van der Waals surface area contributed by atoms with E-state index in [0.29, 0.717) is 5.65 Å². The summed E-state index contributed by atoms with van der Waals surface area (Å²) in [6.07, 6.45) is 1.63. The van der Waals surface area contributed by atoms with Gasteiger partial charge in [-0.25, -0.2) is 4.98 Å². The number of likely N-dealkylation sites (N-methyl/N-ethyl adjacent to an activating group) is 1. The van der Waals surface area contributed by atoms with Crippen molar-refractivity contribution < 1.29 is 0 Å². The molecule has 1 N–H and O–H groups in total. The zero-order valence-electron chi connectivity index (χ0n) is 11.3. The zero-order chi connectivity index (χ0) is 13.6. The molecule has 0 amide bonds. The molecule has 102 valence electrons. The number of anilines is 1. The Labute approximate surface area is 116 Å². The minimum absolute atomic E-state index is 0.0992. The minimum Gasteiger partial charge on any atom is -0.352 e. The molecule has 19 heavy (non-hydrogen) atoms. The molecule has 7 heteroatoms. The van der Waals surface area contributed by atoms with E-state index in [1.807, 2.05) is 0 Å². The number of fused-ring (bicyclic) bond motifs is 1. The van der Waals surface area contributed by atoms with Crippen LogP contribution < -0.4 is 4.90 Å². The number of hydrogen-bond donors (Lipinski definition) is 1. The number of rotatable bonds is 1. The van der Waals surface area contributed by atoms with Crippen molar-refractivity contribution in [1.29, 1.82) is 0 Å². The molecule has 3 rings (SSSR count). The lowest BCUT2D eigenvalue weighted by Gasteiger charge is -2.45. The van der Waals surface area contributed by atoms with Crippen molar-refractivity contribution in [3.8, 4) is 0 Å². The summed E-state index contributed by atoms with van der Waals surface area (Å²) in [5, 5.41) is 0.242. The monoisotopic (exact) mass is 280 g/mol. The maximum Gasteiger partial charge on any atom is 0.226 e. The molecule has 0 atom stereocenters. The van der Waals surface area contributed by atoms with Crippen molar-refractivity contribution in [3.05, 3.63) is 11.6 Å². The molecule has 1 saturated heterocycles. The van der Waals surface area contributed by atoms with Crippen LogP contribution in [-0.4, -0.2) is 57.1 Å². The van der Waals surface area contributed by atoms with Gasteiger partial charge in [-0.2, -0.15) is 9.97 Å². The second kappa shape index (κ2) is 4.31. The molecule has 1 aliphatic rings. The van der Waals surface area contributed by atoms with Crippen LogP contribution in [0.3, 0.4) is 0 Å². The lowest BCUT2D eigenvalue weighted by Crippen LogP contribution is -2.58. The van der Waals surface area contributed by atoms with Gasteiger partial charge < -0.3 is 9.88 Å². The predicted octanol–water partition coefficient (Wildman–Crippen LogP) is 1.54. The van der Waals surface area contributed by atoms with Crippen LogP contribution in [0.1, 0.15) is 13.8 Å². The Morgan fingerprint density at radius 1 is 1.32 bits per heavy atom. The first-order valence-electron chi connectivity index (χ1n) is 6.30. The predicted molar refractivity (Wildman–Crippen MR) is 75.6 cm³/mol. The highest BCUT2D eigenvalue weighted by Gasteiger charge is 2.32. The number of imidazole rings is 1. The quantitative estimate of drug-likeness (QED) is 0.803. The van der Waals surface area contributed by atoms with Crippen LogP contribution >= 0.6 is 11.6 Å². The fraction of sp³-hybridized carbons (Fsp3) is 0.583. The van der Waals surface area contributed by atoms with Gasteiger partial charge in [0.05, 0.1) is 6.33 Å². The van der Waals surface area contributed by atoms with E-state index in [9.17, 15) is 0 Å². The maximum atomic E-state index is 5.99. The number of H-pyrrole nitrogens is 1. The number of aromatic nitrogens is 4. The van der Waals surface area contributed by atoms with Crippen molar-refractivity contribution >= 4 is 28.6 Å². The SMILES string of the molecule is CN1CCN(c2nc(Cl)nc3nc[nH]c23)CC1(C)C. The van der Waals surface area contributed by atoms with Crippen LogP contribution in [-0.2, 0) is 0 Å². The first kappa shape index (κ1) is 12.6. The van der Waals surface area contributed by atoms with Gasteiger partial charge in [-0.3, -0.25) is 4.90 Å². The van der Waals surface area contributed by atoms with E-state index in [0.717, 1.165) is 31.0 Å². The third kappa shape index (κ3) is 2.15. The summed E-state index contributed by atoms with van der Waals surface area (Å²) in [4.78, 5) is 20.4. The summed E-state index contributed by atoms with van der Waals surface area (Å²) < 4.78 is 0. The maximum absolute atomic E-state index is 5.99. The van der Waals surface area contributed by atoms with Gasteiger partial charge in [0.15, 0.2) is 11.5 Å². The molecule has 0 spiro atoms. The molecule has 1 fully saturated rings. The van der Waals surface area contributed by atoms with Gasteiger partial charge in [-0.05, 0) is 32.5 Å². The fourth-order valence-electron chi connectivity index (χ4n) is 2.44. The minimum atomic E-state index is 0.0992. The third-order valence-corrected chi connectivity index (χ3v) is 4.02. The zero-order valence-corrected chi connectivity index (χ0v) is 12.1. The number of aromatic amines is 1. The first-order chi connectivity index (χ1) is 8.97. The summed E-state index contributed by atoms with van der Waals surface area (Å²) >= 11 is 5.99. The van der Waals surface area contributed by atoms with Crippen LogP contribution in [0.5, 0.6) is 0 Å². The average molecular weight is 281 g/mol. The number of nitrogens with one attached hydrogen (secondary N) is 1. The summed E-state index contributed by atoms with van der Waals surface area (Å²) in [5.74, 6) is 0.841. The van der Waals surface area contributed by atoms with Crippen LogP contribution in [0.15, 0.2) is 6.33 Å². The summed E-state index contributed by atoms with van der Waals surface area (Å²) in [5.41, 5.74) is 1.57. The lowest BCUT2D eigenvalue weighted by atomic mass is 10.00. The van der Waals surface area contributed by atoms with Crippen molar-refractivity contribution in [1.82, 2.24) is 24.8 Å². The molecule has 0 aliphatic carbocycles. The normalized spacial score (nSPS) is 20.1. The molecule has 0 bridgehead atoms. The average Bonchev–Trinajstić information content (AvgIpc) is 2.79. The summed E-state index contributed by atoms with van der Waals surface area (Å²) in [7, 11) is 2.15. The Bertz CT molecular complexity index is 607. The molecule has 0 radical (unpaired) electrons. The molecular weight excluding hydrogens is 264 g/mol. The Morgan fingerprint density at radius 2 is 2.11 bits per heavy atom. The van der Waals surface area contributed by atoms with Gasteiger partial charge in [-0.15, -0.1) is 0 Å². The molecule has 0 unspecified atom stereocenters. The first-order valence-corrected chi connectivity index (χ1v) is 6.68. The highest BCUT2D eigenvalue weighted by Crippen LogP contribution is 2.27. The highest BCUT2D eigenvalue weighted by atomic mass is 35.5. The molecular formula is C12H17ClN6. The third-order valence-electron chi connectivity index (χ3n) is 3.86. The Morgan fingerprint density at radius 3 is 2.84 bits per heavy atom. The number of piperazine rings is 1. The molecule has 2 aromatic heterocycles. The van der Waals surface area contributed by atoms with Crippen molar-refractivity contribution in [3.63, 3.8) is 0 Å². The summed E-state index contributed by atoms with van der Waals surface area (Å²) in [6, 6.07) is 0. The van der Waals surface area contributed by atoms with Crippen molar-refractivity contribution in [2.45, 2.75) is 19.4 Å². The smallest absolute Gasteiger partial charge is 0.226 e. The van der Waals surface area contributed by atoms with Gasteiger partial charge in [0.1, 0.15) is 5.52 Å². The van der Waals surface area contributed by atoms with Gasteiger partial charge in [-0.1, -0.05) is 0 Å². The molecule has 1 aliphatic heterocycles. The molecule has 3 heterocycles. The molecule has 2 aromatic rings. The fourth-order valence-corrected chi connectivity index (χ4v) is 2.60. The van der Waals surface area contributed by atoms with E-state index >= 15 is 0 Å². The van der Waals surface area contributed by atoms with Gasteiger partial charge in [0.2, 0.25) is 5.28 Å². The van der Waals surface area contributed by atoms with E-state index in [1.54, 1.807) is 6.33 Å². The Hall–Kier alpha value is -1.40. The molecule has 6 nitrogen and oxygen atoms in total. The van der Waals surface area contributed by atoms with Crippen LogP contribution in [0.25, 0.3) is 11.2 Å². The highest BCUT2D eigenvalue weighted by molar-refractivity contribution is 6.28. The number of hydrogen-bond acceptors (Lipinski definition) is 5. The number of halogens is 1. The Balaban J connectivity index is 2.02. The summed E-state index contributed by atoms with van der Waals surface area (Å²) in [6.45, 7) is 7.26. The van der Waals surface area contributed by atoms with Gasteiger partial charge in [0, 0.05) is 25.2 Å².